The number of amides is 1. The van der Waals surface area contributed by atoms with E-state index < -0.39 is 0 Å². The number of nitrogens with zero attached hydrogens (tertiary/aromatic N) is 2. The van der Waals surface area contributed by atoms with E-state index in [0.717, 1.165) is 12.3 Å². The minimum Gasteiger partial charge on any atom is -0.302 e. The van der Waals surface area contributed by atoms with Gasteiger partial charge in [0, 0.05) is 11.8 Å². The molecular formula is C18H25N3OS. The molecule has 3 atom stereocenters. The van der Waals surface area contributed by atoms with Gasteiger partial charge >= 0.3 is 0 Å². The van der Waals surface area contributed by atoms with E-state index in [1.165, 1.54) is 49.9 Å². The molecular weight excluding hydrogens is 306 g/mol. The second-order valence-corrected chi connectivity index (χ2v) is 9.02. The zero-order valence-electron chi connectivity index (χ0n) is 14.0. The van der Waals surface area contributed by atoms with Gasteiger partial charge in [-0.2, -0.15) is 5.26 Å². The quantitative estimate of drug-likeness (QED) is 0.867. The number of carbonyl (C=O) groups excluding carboxylic acids is 1. The lowest BCUT2D eigenvalue weighted by molar-refractivity contribution is -0.117. The number of hydrogen-bond acceptors (Lipinski definition) is 4. The number of anilines is 1. The van der Waals surface area contributed by atoms with Crippen LogP contribution in [0, 0.1) is 28.1 Å². The number of thiazole rings is 1. The van der Waals surface area contributed by atoms with Crippen LogP contribution in [0.1, 0.15) is 70.9 Å². The van der Waals surface area contributed by atoms with Gasteiger partial charge < -0.3 is 5.32 Å². The van der Waals surface area contributed by atoms with Gasteiger partial charge in [-0.1, -0.05) is 26.7 Å². The predicted molar refractivity (Wildman–Crippen MR) is 92.1 cm³/mol. The Balaban J connectivity index is 1.55. The molecule has 1 heterocycles. The highest BCUT2D eigenvalue weighted by Crippen LogP contribution is 2.56. The molecule has 5 heteroatoms. The van der Waals surface area contributed by atoms with Gasteiger partial charge in [0.05, 0.1) is 0 Å². The SMILES string of the molecule is CC12CCCC(C1)CC(C)(CCC(=O)Nc1nc(C#N)cs1)C2. The van der Waals surface area contributed by atoms with E-state index in [9.17, 15) is 4.79 Å². The average Bonchev–Trinajstić information content (AvgIpc) is 2.91. The molecule has 1 N–H and O–H groups in total. The molecule has 0 spiro atoms. The van der Waals surface area contributed by atoms with Crippen molar-refractivity contribution >= 4 is 22.4 Å². The van der Waals surface area contributed by atoms with E-state index in [0.29, 0.717) is 22.7 Å². The smallest absolute Gasteiger partial charge is 0.226 e. The van der Waals surface area contributed by atoms with E-state index in [2.05, 4.69) is 24.1 Å². The summed E-state index contributed by atoms with van der Waals surface area (Å²) >= 11 is 1.31. The van der Waals surface area contributed by atoms with E-state index >= 15 is 0 Å². The van der Waals surface area contributed by atoms with Crippen LogP contribution >= 0.6 is 11.3 Å². The molecule has 0 radical (unpaired) electrons. The maximum atomic E-state index is 12.2. The first kappa shape index (κ1) is 16.4. The zero-order chi connectivity index (χ0) is 16.5. The Hall–Kier alpha value is -1.41. The maximum Gasteiger partial charge on any atom is 0.226 e. The third-order valence-electron chi connectivity index (χ3n) is 5.63. The van der Waals surface area contributed by atoms with Crippen LogP contribution in [0.3, 0.4) is 0 Å². The highest BCUT2D eigenvalue weighted by molar-refractivity contribution is 7.14. The van der Waals surface area contributed by atoms with Crippen molar-refractivity contribution in [1.29, 1.82) is 5.26 Å². The molecule has 0 aromatic carbocycles. The maximum absolute atomic E-state index is 12.2. The molecule has 1 amide bonds. The van der Waals surface area contributed by atoms with Crippen LogP contribution in [-0.2, 0) is 4.79 Å². The summed E-state index contributed by atoms with van der Waals surface area (Å²) < 4.78 is 0. The first-order chi connectivity index (χ1) is 10.9. The van der Waals surface area contributed by atoms with Crippen LogP contribution in [0.15, 0.2) is 5.38 Å². The third-order valence-corrected chi connectivity index (χ3v) is 6.39. The molecule has 0 aliphatic heterocycles. The van der Waals surface area contributed by atoms with Crippen molar-refractivity contribution in [3.8, 4) is 6.07 Å². The molecule has 3 unspecified atom stereocenters. The van der Waals surface area contributed by atoms with E-state index in [-0.39, 0.29) is 11.3 Å². The molecule has 1 aromatic rings. The number of hydrogen-bond donors (Lipinski definition) is 1. The molecule has 2 aliphatic carbocycles. The molecule has 1 aromatic heterocycles. The molecule has 0 saturated heterocycles. The standard InChI is InChI=1S/C18H25N3OS/c1-17-6-3-4-13(8-17)9-18(2,12-17)7-5-15(22)21-16-20-14(10-19)11-23-16/h11,13H,3-9,12H2,1-2H3,(H,20,21,22). The minimum atomic E-state index is 0.0194. The Morgan fingerprint density at radius 1 is 1.52 bits per heavy atom. The van der Waals surface area contributed by atoms with Gasteiger partial charge in [0.25, 0.3) is 0 Å². The summed E-state index contributed by atoms with van der Waals surface area (Å²) in [6.45, 7) is 4.81. The molecule has 23 heavy (non-hydrogen) atoms. The summed E-state index contributed by atoms with van der Waals surface area (Å²) in [5, 5.41) is 13.8. The van der Waals surface area contributed by atoms with Gasteiger partial charge in [0.1, 0.15) is 6.07 Å². The molecule has 2 aliphatic rings. The fourth-order valence-corrected chi connectivity index (χ4v) is 5.68. The lowest BCUT2D eigenvalue weighted by Crippen LogP contribution is -2.40. The topological polar surface area (TPSA) is 65.8 Å². The third kappa shape index (κ3) is 3.92. The lowest BCUT2D eigenvalue weighted by atomic mass is 9.54. The number of nitrogens with one attached hydrogen (secondary N) is 1. The summed E-state index contributed by atoms with van der Waals surface area (Å²) in [6.07, 6.45) is 9.48. The van der Waals surface area contributed by atoms with E-state index in [1.54, 1.807) is 5.38 Å². The Bertz CT molecular complexity index is 634. The fraction of sp³-hybridized carbons (Fsp3) is 0.722. The second kappa shape index (κ2) is 6.24. The first-order valence-electron chi connectivity index (χ1n) is 8.55. The minimum absolute atomic E-state index is 0.0194. The number of nitriles is 1. The van der Waals surface area contributed by atoms with Crippen molar-refractivity contribution in [2.24, 2.45) is 16.7 Å². The highest BCUT2D eigenvalue weighted by Gasteiger charge is 2.45. The monoisotopic (exact) mass is 331 g/mol. The largest absolute Gasteiger partial charge is 0.302 e. The predicted octanol–water partition coefficient (Wildman–Crippen LogP) is 4.73. The van der Waals surface area contributed by atoms with E-state index in [4.69, 9.17) is 5.26 Å². The van der Waals surface area contributed by atoms with Gasteiger partial charge in [-0.3, -0.25) is 4.79 Å². The molecule has 2 bridgehead atoms. The summed E-state index contributed by atoms with van der Waals surface area (Å²) in [7, 11) is 0. The van der Waals surface area contributed by atoms with E-state index in [1.807, 2.05) is 6.07 Å². The van der Waals surface area contributed by atoms with Crippen molar-refractivity contribution in [2.75, 3.05) is 5.32 Å². The highest BCUT2D eigenvalue weighted by atomic mass is 32.1. The number of fused-ring (bicyclic) bond motifs is 2. The van der Waals surface area contributed by atoms with Crippen LogP contribution in [0.5, 0.6) is 0 Å². The van der Waals surface area contributed by atoms with Crippen molar-refractivity contribution < 1.29 is 4.79 Å². The van der Waals surface area contributed by atoms with Gasteiger partial charge in [-0.25, -0.2) is 4.98 Å². The Morgan fingerprint density at radius 2 is 2.35 bits per heavy atom. The van der Waals surface area contributed by atoms with Crippen molar-refractivity contribution in [3.63, 3.8) is 0 Å². The van der Waals surface area contributed by atoms with Crippen molar-refractivity contribution in [2.45, 2.75) is 65.2 Å². The van der Waals surface area contributed by atoms with Gasteiger partial charge in [-0.15, -0.1) is 11.3 Å². The van der Waals surface area contributed by atoms with Crippen molar-refractivity contribution in [3.05, 3.63) is 11.1 Å². The fourth-order valence-electron chi connectivity index (χ4n) is 5.02. The van der Waals surface area contributed by atoms with Crippen LogP contribution in [0.2, 0.25) is 0 Å². The number of rotatable bonds is 4. The normalized spacial score (nSPS) is 33.0. The van der Waals surface area contributed by atoms with Crippen molar-refractivity contribution in [1.82, 2.24) is 4.98 Å². The molecule has 2 fully saturated rings. The van der Waals surface area contributed by atoms with Gasteiger partial charge in [0.15, 0.2) is 10.8 Å². The van der Waals surface area contributed by atoms with Crippen LogP contribution in [0.4, 0.5) is 5.13 Å². The first-order valence-corrected chi connectivity index (χ1v) is 9.43. The Morgan fingerprint density at radius 3 is 3.04 bits per heavy atom. The average molecular weight is 331 g/mol. The molecule has 4 nitrogen and oxygen atoms in total. The van der Waals surface area contributed by atoms with Crippen LogP contribution in [0.25, 0.3) is 0 Å². The van der Waals surface area contributed by atoms with Crippen LogP contribution < -0.4 is 5.32 Å². The molecule has 3 rings (SSSR count). The Kier molecular flexibility index (Phi) is 4.46. The van der Waals surface area contributed by atoms with Gasteiger partial charge in [-0.05, 0) is 48.9 Å². The molecule has 124 valence electrons. The Labute approximate surface area is 142 Å². The summed E-state index contributed by atoms with van der Waals surface area (Å²) in [4.78, 5) is 16.3. The second-order valence-electron chi connectivity index (χ2n) is 8.16. The van der Waals surface area contributed by atoms with Crippen LogP contribution in [-0.4, -0.2) is 10.9 Å². The summed E-state index contributed by atoms with van der Waals surface area (Å²) in [6, 6.07) is 1.99. The lowest BCUT2D eigenvalue weighted by Gasteiger charge is -2.51. The number of carbonyl (C=O) groups is 1. The van der Waals surface area contributed by atoms with Gasteiger partial charge in [0.2, 0.25) is 5.91 Å². The summed E-state index contributed by atoms with van der Waals surface area (Å²) in [5.41, 5.74) is 1.14. The zero-order valence-corrected chi connectivity index (χ0v) is 14.8. The summed E-state index contributed by atoms with van der Waals surface area (Å²) in [5.74, 6) is 0.874. The molecule has 2 saturated carbocycles. The number of aromatic nitrogens is 1.